The van der Waals surface area contributed by atoms with Crippen molar-refractivity contribution in [3.63, 3.8) is 0 Å². The molecule has 0 aliphatic heterocycles. The van der Waals surface area contributed by atoms with Crippen LogP contribution in [0.15, 0.2) is 53.4 Å². The summed E-state index contributed by atoms with van der Waals surface area (Å²) in [6.07, 6.45) is 0. The Hall–Kier alpha value is -2.67. The monoisotopic (exact) mass is 360 g/mol. The van der Waals surface area contributed by atoms with E-state index in [1.54, 1.807) is 13.0 Å². The minimum atomic E-state index is -4.10. The molecule has 0 atom stereocenters. The van der Waals surface area contributed by atoms with Crippen molar-refractivity contribution in [2.75, 3.05) is 0 Å². The number of rotatable bonds is 4. The molecule has 7 heteroatoms. The van der Waals surface area contributed by atoms with Crippen LogP contribution in [0.1, 0.15) is 16.8 Å². The van der Waals surface area contributed by atoms with Crippen LogP contribution in [0.4, 0.5) is 4.39 Å². The molecule has 5 nitrogen and oxygen atoms in total. The van der Waals surface area contributed by atoms with Crippen LogP contribution < -0.4 is 4.18 Å². The van der Waals surface area contributed by atoms with Gasteiger partial charge in [-0.05, 0) is 56.7 Å². The van der Waals surface area contributed by atoms with Gasteiger partial charge in [0.15, 0.2) is 0 Å². The lowest BCUT2D eigenvalue weighted by atomic mass is 10.1. The van der Waals surface area contributed by atoms with Crippen LogP contribution >= 0.6 is 0 Å². The largest absolute Gasteiger partial charge is 0.358 e. The molecule has 0 spiro atoms. The molecule has 0 N–H and O–H groups in total. The summed E-state index contributed by atoms with van der Waals surface area (Å²) in [5.74, 6) is -0.441. The molecule has 0 fully saturated rings. The number of hydrogen-bond acceptors (Lipinski definition) is 4. The molecule has 2 aromatic carbocycles. The molecule has 0 saturated carbocycles. The van der Waals surface area contributed by atoms with E-state index in [1.165, 1.54) is 4.68 Å². The number of hydrogen-bond donors (Lipinski definition) is 0. The Kier molecular flexibility index (Phi) is 4.34. The molecule has 130 valence electrons. The number of benzene rings is 2. The quantitative estimate of drug-likeness (QED) is 0.666. The minimum absolute atomic E-state index is 0.0776. The predicted octanol–water partition coefficient (Wildman–Crippen LogP) is 3.70. The molecule has 0 aliphatic carbocycles. The zero-order valence-electron chi connectivity index (χ0n) is 14.0. The van der Waals surface area contributed by atoms with Gasteiger partial charge in [-0.1, -0.05) is 17.7 Å². The van der Waals surface area contributed by atoms with E-state index >= 15 is 0 Å². The van der Waals surface area contributed by atoms with E-state index in [0.717, 1.165) is 41.1 Å². The molecule has 1 aromatic heterocycles. The average molecular weight is 360 g/mol. The molecule has 0 radical (unpaired) electrons. The Morgan fingerprint density at radius 3 is 2.32 bits per heavy atom. The highest BCUT2D eigenvalue weighted by atomic mass is 32.2. The molecule has 3 aromatic rings. The van der Waals surface area contributed by atoms with Gasteiger partial charge < -0.3 is 4.18 Å². The molecule has 0 unspecified atom stereocenters. The summed E-state index contributed by atoms with van der Waals surface area (Å²) < 4.78 is 44.7. The summed E-state index contributed by atoms with van der Waals surface area (Å²) >= 11 is 0. The molecular formula is C18H17FN2O3S. The first kappa shape index (κ1) is 17.2. The Morgan fingerprint density at radius 1 is 1.00 bits per heavy atom. The van der Waals surface area contributed by atoms with Crippen molar-refractivity contribution in [3.05, 3.63) is 71.2 Å². The first-order valence-corrected chi connectivity index (χ1v) is 9.01. The van der Waals surface area contributed by atoms with Crippen LogP contribution in [0, 0.1) is 26.6 Å². The van der Waals surface area contributed by atoms with Crippen molar-refractivity contribution in [1.82, 2.24) is 9.78 Å². The topological polar surface area (TPSA) is 61.2 Å². The third kappa shape index (κ3) is 3.56. The maximum absolute atomic E-state index is 13.0. The Bertz CT molecular complexity index is 1020. The van der Waals surface area contributed by atoms with Gasteiger partial charge in [-0.2, -0.15) is 18.2 Å². The smallest absolute Gasteiger partial charge is 0.340 e. The van der Waals surface area contributed by atoms with Crippen LogP contribution in [-0.4, -0.2) is 18.2 Å². The van der Waals surface area contributed by atoms with E-state index < -0.39 is 15.9 Å². The maximum atomic E-state index is 13.0. The zero-order chi connectivity index (χ0) is 18.2. The third-order valence-electron chi connectivity index (χ3n) is 3.68. The summed E-state index contributed by atoms with van der Waals surface area (Å²) in [7, 11) is -4.10. The van der Waals surface area contributed by atoms with Gasteiger partial charge in [0.2, 0.25) is 5.88 Å². The van der Waals surface area contributed by atoms with Gasteiger partial charge in [0.05, 0.1) is 11.4 Å². The molecule has 25 heavy (non-hydrogen) atoms. The fourth-order valence-electron chi connectivity index (χ4n) is 2.51. The van der Waals surface area contributed by atoms with Crippen LogP contribution in [0.2, 0.25) is 0 Å². The zero-order valence-corrected chi connectivity index (χ0v) is 14.8. The van der Waals surface area contributed by atoms with Crippen molar-refractivity contribution in [2.24, 2.45) is 0 Å². The molecule has 0 saturated heterocycles. The standard InChI is InChI=1S/C18H17FN2O3S/c1-12-4-9-17(13(2)10-12)21-18(11-14(3)20-21)24-25(22,23)16-7-5-15(19)6-8-16/h4-11H,1-3H3. The maximum Gasteiger partial charge on any atom is 0.340 e. The second-order valence-electron chi connectivity index (χ2n) is 5.82. The van der Waals surface area contributed by atoms with Crippen LogP contribution in [0.25, 0.3) is 5.69 Å². The molecular weight excluding hydrogens is 343 g/mol. The normalized spacial score (nSPS) is 11.5. The van der Waals surface area contributed by atoms with Gasteiger partial charge >= 0.3 is 10.1 Å². The predicted molar refractivity (Wildman–Crippen MR) is 92.0 cm³/mol. The Balaban J connectivity index is 2.03. The lowest BCUT2D eigenvalue weighted by Gasteiger charge is -2.12. The van der Waals surface area contributed by atoms with E-state index in [0.29, 0.717) is 5.69 Å². The van der Waals surface area contributed by atoms with Gasteiger partial charge in [-0.3, -0.25) is 0 Å². The second kappa shape index (κ2) is 6.33. The van der Waals surface area contributed by atoms with Crippen molar-refractivity contribution < 1.29 is 17.0 Å². The molecule has 0 amide bonds. The summed E-state index contributed by atoms with van der Waals surface area (Å²) in [5, 5.41) is 4.33. The highest BCUT2D eigenvalue weighted by Gasteiger charge is 2.21. The van der Waals surface area contributed by atoms with Crippen molar-refractivity contribution in [2.45, 2.75) is 25.7 Å². The lowest BCUT2D eigenvalue weighted by molar-refractivity contribution is 0.464. The second-order valence-corrected chi connectivity index (χ2v) is 7.36. The van der Waals surface area contributed by atoms with Gasteiger partial charge in [0.1, 0.15) is 10.7 Å². The molecule has 0 aliphatic rings. The number of aryl methyl sites for hydroxylation is 3. The average Bonchev–Trinajstić information content (AvgIpc) is 2.87. The first-order chi connectivity index (χ1) is 11.8. The summed E-state index contributed by atoms with van der Waals surface area (Å²) in [4.78, 5) is -0.125. The van der Waals surface area contributed by atoms with Crippen molar-refractivity contribution >= 4 is 10.1 Å². The first-order valence-electron chi connectivity index (χ1n) is 7.60. The summed E-state index contributed by atoms with van der Waals surface area (Å²) in [6.45, 7) is 5.64. The molecule has 1 heterocycles. The van der Waals surface area contributed by atoms with Gasteiger partial charge in [0.25, 0.3) is 0 Å². The van der Waals surface area contributed by atoms with Crippen LogP contribution in [0.5, 0.6) is 5.88 Å². The molecule has 3 rings (SSSR count). The van der Waals surface area contributed by atoms with Crippen molar-refractivity contribution in [3.8, 4) is 11.6 Å². The number of nitrogens with zero attached hydrogens (tertiary/aromatic N) is 2. The third-order valence-corrected chi connectivity index (χ3v) is 4.92. The Labute approximate surface area is 145 Å². The number of aromatic nitrogens is 2. The fraction of sp³-hybridized carbons (Fsp3) is 0.167. The highest BCUT2D eigenvalue weighted by Crippen LogP contribution is 2.25. The molecule has 0 bridgehead atoms. The van der Waals surface area contributed by atoms with Crippen LogP contribution in [-0.2, 0) is 10.1 Å². The Morgan fingerprint density at radius 2 is 1.68 bits per heavy atom. The van der Waals surface area contributed by atoms with Crippen LogP contribution in [0.3, 0.4) is 0 Å². The van der Waals surface area contributed by atoms with Gasteiger partial charge in [-0.15, -0.1) is 0 Å². The fourth-order valence-corrected chi connectivity index (χ4v) is 3.42. The summed E-state index contributed by atoms with van der Waals surface area (Å²) in [6, 6.07) is 11.8. The highest BCUT2D eigenvalue weighted by molar-refractivity contribution is 7.87. The van der Waals surface area contributed by atoms with Gasteiger partial charge in [-0.25, -0.2) is 4.39 Å². The van der Waals surface area contributed by atoms with E-state index in [2.05, 4.69) is 5.10 Å². The lowest BCUT2D eigenvalue weighted by Crippen LogP contribution is -2.13. The van der Waals surface area contributed by atoms with Gasteiger partial charge in [0, 0.05) is 6.07 Å². The van der Waals surface area contributed by atoms with E-state index in [-0.39, 0.29) is 10.8 Å². The van der Waals surface area contributed by atoms with E-state index in [9.17, 15) is 12.8 Å². The minimum Gasteiger partial charge on any atom is -0.358 e. The van der Waals surface area contributed by atoms with Crippen molar-refractivity contribution in [1.29, 1.82) is 0 Å². The summed E-state index contributed by atoms with van der Waals surface area (Å²) in [5.41, 5.74) is 3.37. The SMILES string of the molecule is Cc1ccc(-n2nc(C)cc2OS(=O)(=O)c2ccc(F)cc2)c(C)c1. The van der Waals surface area contributed by atoms with E-state index in [1.807, 2.05) is 32.0 Å². The number of halogens is 1. The van der Waals surface area contributed by atoms with E-state index in [4.69, 9.17) is 4.18 Å².